The first kappa shape index (κ1) is 18.4. The number of allylic oxidation sites excluding steroid dienone is 2. The summed E-state index contributed by atoms with van der Waals surface area (Å²) in [6.45, 7) is 3.75. The van der Waals surface area contributed by atoms with Crippen molar-refractivity contribution in [2.24, 2.45) is 0 Å². The van der Waals surface area contributed by atoms with Crippen molar-refractivity contribution in [3.8, 4) is 0 Å². The number of amides is 1. The molecule has 0 saturated carbocycles. The number of rotatable bonds is 6. The summed E-state index contributed by atoms with van der Waals surface area (Å²) in [6, 6.07) is 8.74. The highest BCUT2D eigenvalue weighted by Crippen LogP contribution is 2.34. The van der Waals surface area contributed by atoms with E-state index in [1.165, 1.54) is 4.90 Å². The van der Waals surface area contributed by atoms with Crippen LogP contribution >= 0.6 is 24.0 Å². The van der Waals surface area contributed by atoms with E-state index in [2.05, 4.69) is 0 Å². The van der Waals surface area contributed by atoms with Gasteiger partial charge in [0.1, 0.15) is 4.32 Å². The first-order valence-corrected chi connectivity index (χ1v) is 8.87. The second-order valence-electron chi connectivity index (χ2n) is 5.47. The number of aliphatic carboxylic acids is 1. The third-order valence-electron chi connectivity index (χ3n) is 3.52. The van der Waals surface area contributed by atoms with E-state index in [0.717, 1.165) is 22.9 Å². The van der Waals surface area contributed by atoms with Gasteiger partial charge in [0.05, 0.1) is 16.9 Å². The van der Waals surface area contributed by atoms with Crippen LogP contribution in [0.15, 0.2) is 46.9 Å². The van der Waals surface area contributed by atoms with Crippen molar-refractivity contribution in [1.82, 2.24) is 4.90 Å². The van der Waals surface area contributed by atoms with Gasteiger partial charge in [-0.05, 0) is 30.6 Å². The number of hydrogen-bond acceptors (Lipinski definition) is 5. The molecule has 1 heterocycles. The molecule has 1 fully saturated rings. The topological polar surface area (TPSA) is 60.4 Å². The fraction of sp³-hybridized carbons (Fsp3) is 0.278. The maximum atomic E-state index is 12.6. The van der Waals surface area contributed by atoms with E-state index in [1.54, 1.807) is 6.08 Å². The van der Waals surface area contributed by atoms with Gasteiger partial charge in [-0.25, -0.2) is 0 Å². The van der Waals surface area contributed by atoms with Crippen LogP contribution in [0.25, 0.3) is 6.08 Å². The highest BCUT2D eigenvalue weighted by Gasteiger charge is 2.37. The minimum Gasteiger partial charge on any atom is -0.548 e. The lowest BCUT2D eigenvalue weighted by Gasteiger charge is -2.27. The predicted molar refractivity (Wildman–Crippen MR) is 98.9 cm³/mol. The summed E-state index contributed by atoms with van der Waals surface area (Å²) in [5.41, 5.74) is 1.92. The number of thioether (sulfide) groups is 1. The number of hydrogen-bond donors (Lipinski definition) is 0. The van der Waals surface area contributed by atoms with Gasteiger partial charge in [0, 0.05) is 0 Å². The Morgan fingerprint density at radius 3 is 2.62 bits per heavy atom. The number of carbonyl (C=O) groups is 2. The lowest BCUT2D eigenvalue weighted by atomic mass is 10.1. The molecular weight excluding hydrogens is 342 g/mol. The number of carbonyl (C=O) groups excluding carboxylic acids is 2. The number of benzene rings is 1. The Balaban J connectivity index is 2.24. The fourth-order valence-electron chi connectivity index (χ4n) is 2.43. The second-order valence-corrected chi connectivity index (χ2v) is 7.15. The minimum atomic E-state index is -1.27. The second kappa shape index (κ2) is 8.26. The fourth-order valence-corrected chi connectivity index (χ4v) is 3.84. The van der Waals surface area contributed by atoms with Crippen LogP contribution in [0.2, 0.25) is 0 Å². The summed E-state index contributed by atoms with van der Waals surface area (Å²) in [6.07, 6.45) is 4.64. The van der Waals surface area contributed by atoms with Gasteiger partial charge in [-0.3, -0.25) is 9.69 Å². The summed E-state index contributed by atoms with van der Waals surface area (Å²) in [4.78, 5) is 25.5. The average Bonchev–Trinajstić information content (AvgIpc) is 2.80. The molecule has 1 aromatic rings. The Kier molecular flexibility index (Phi) is 6.34. The molecule has 126 valence electrons. The largest absolute Gasteiger partial charge is 0.548 e. The molecule has 0 N–H and O–H groups in total. The zero-order valence-corrected chi connectivity index (χ0v) is 15.2. The molecule has 1 aliphatic rings. The van der Waals surface area contributed by atoms with Crippen molar-refractivity contribution in [2.45, 2.75) is 32.7 Å². The van der Waals surface area contributed by atoms with Crippen molar-refractivity contribution >= 4 is 46.3 Å². The molecule has 0 aromatic heterocycles. The Morgan fingerprint density at radius 2 is 2.04 bits per heavy atom. The van der Waals surface area contributed by atoms with E-state index in [0.29, 0.717) is 17.7 Å². The molecule has 2 rings (SSSR count). The van der Waals surface area contributed by atoms with E-state index >= 15 is 0 Å². The van der Waals surface area contributed by atoms with E-state index in [1.807, 2.05) is 50.3 Å². The van der Waals surface area contributed by atoms with Crippen LogP contribution in [0.5, 0.6) is 0 Å². The van der Waals surface area contributed by atoms with Crippen LogP contribution in [0, 0.1) is 0 Å². The van der Waals surface area contributed by atoms with E-state index in [9.17, 15) is 14.7 Å². The average molecular weight is 360 g/mol. The molecule has 6 heteroatoms. The Morgan fingerprint density at radius 1 is 1.38 bits per heavy atom. The SMILES string of the molecule is CCC[C@H](C(=O)[O-])N1C(=O)/C(=C/C(C)=C/c2ccccc2)SC1=S. The van der Waals surface area contributed by atoms with Gasteiger partial charge in [-0.15, -0.1) is 0 Å². The summed E-state index contributed by atoms with van der Waals surface area (Å²) < 4.78 is 0.265. The Labute approximate surface area is 151 Å². The molecule has 24 heavy (non-hydrogen) atoms. The molecule has 1 atom stereocenters. The van der Waals surface area contributed by atoms with Gasteiger partial charge in [0.25, 0.3) is 5.91 Å². The molecule has 1 aromatic carbocycles. The molecule has 1 aliphatic heterocycles. The Hall–Kier alpha value is -1.92. The summed E-state index contributed by atoms with van der Waals surface area (Å²) >= 11 is 6.33. The van der Waals surface area contributed by atoms with Crippen molar-refractivity contribution in [1.29, 1.82) is 0 Å². The number of thiocarbonyl (C=S) groups is 1. The smallest absolute Gasteiger partial charge is 0.266 e. The Bertz CT molecular complexity index is 710. The zero-order valence-electron chi connectivity index (χ0n) is 13.5. The standard InChI is InChI=1S/C18H19NO3S2/c1-3-7-14(17(21)22)19-16(20)15(24-18(19)23)11-12(2)10-13-8-5-4-6-9-13/h4-6,8-11,14H,3,7H2,1-2H3,(H,21,22)/p-1/b12-10+,15-11-/t14-/m1/s1. The van der Waals surface area contributed by atoms with Crippen LogP contribution in [0.3, 0.4) is 0 Å². The zero-order chi connectivity index (χ0) is 17.7. The van der Waals surface area contributed by atoms with Gasteiger partial charge in [0.15, 0.2) is 0 Å². The quantitative estimate of drug-likeness (QED) is 0.577. The molecule has 0 spiro atoms. The maximum Gasteiger partial charge on any atom is 0.266 e. The molecule has 1 saturated heterocycles. The predicted octanol–water partition coefficient (Wildman–Crippen LogP) is 2.75. The molecular formula is C18H18NO3S2-. The van der Waals surface area contributed by atoms with Gasteiger partial charge in [-0.1, -0.05) is 73.7 Å². The van der Waals surface area contributed by atoms with Gasteiger partial charge < -0.3 is 9.90 Å². The van der Waals surface area contributed by atoms with Crippen molar-refractivity contribution < 1.29 is 14.7 Å². The van der Waals surface area contributed by atoms with Crippen LogP contribution in [-0.2, 0) is 9.59 Å². The molecule has 1 amide bonds. The monoisotopic (exact) mass is 360 g/mol. The maximum absolute atomic E-state index is 12.6. The summed E-state index contributed by atoms with van der Waals surface area (Å²) in [5.74, 6) is -1.64. The molecule has 0 bridgehead atoms. The van der Waals surface area contributed by atoms with E-state index < -0.39 is 12.0 Å². The molecule has 0 unspecified atom stereocenters. The summed E-state index contributed by atoms with van der Waals surface area (Å²) in [7, 11) is 0. The van der Waals surface area contributed by atoms with Gasteiger partial charge in [0.2, 0.25) is 0 Å². The highest BCUT2D eigenvalue weighted by molar-refractivity contribution is 8.26. The first-order valence-electron chi connectivity index (χ1n) is 7.65. The highest BCUT2D eigenvalue weighted by atomic mass is 32.2. The van der Waals surface area contributed by atoms with Gasteiger partial charge in [-0.2, -0.15) is 0 Å². The van der Waals surface area contributed by atoms with E-state index in [4.69, 9.17) is 12.2 Å². The van der Waals surface area contributed by atoms with E-state index in [-0.39, 0.29) is 10.2 Å². The van der Waals surface area contributed by atoms with Crippen LogP contribution < -0.4 is 5.11 Å². The third kappa shape index (κ3) is 4.33. The lowest BCUT2D eigenvalue weighted by molar-refractivity contribution is -0.310. The third-order valence-corrected chi connectivity index (χ3v) is 4.85. The van der Waals surface area contributed by atoms with Crippen molar-refractivity contribution in [3.63, 3.8) is 0 Å². The van der Waals surface area contributed by atoms with Gasteiger partial charge >= 0.3 is 0 Å². The molecule has 4 nitrogen and oxygen atoms in total. The van der Waals surface area contributed by atoms with Crippen molar-refractivity contribution in [2.75, 3.05) is 0 Å². The number of carboxylic acid groups (broad SMARTS) is 1. The van der Waals surface area contributed by atoms with Crippen molar-refractivity contribution in [3.05, 3.63) is 52.4 Å². The van der Waals surface area contributed by atoms with Crippen LogP contribution in [-0.4, -0.2) is 27.1 Å². The summed E-state index contributed by atoms with van der Waals surface area (Å²) in [5, 5.41) is 11.3. The first-order chi connectivity index (χ1) is 11.4. The number of carboxylic acids is 1. The molecule has 0 radical (unpaired) electrons. The van der Waals surface area contributed by atoms with Crippen LogP contribution in [0.4, 0.5) is 0 Å². The normalized spacial score (nSPS) is 18.3. The lowest BCUT2D eigenvalue weighted by Crippen LogP contribution is -2.49. The number of nitrogens with zero attached hydrogens (tertiary/aromatic N) is 1. The minimum absolute atomic E-state index is 0.265. The molecule has 0 aliphatic carbocycles. The van der Waals surface area contributed by atoms with Crippen LogP contribution in [0.1, 0.15) is 32.3 Å².